The molecule has 3 heterocycles. The average molecular weight is 396 g/mol. The molecule has 2 aromatic heterocycles. The number of furan rings is 1. The fourth-order valence-corrected chi connectivity index (χ4v) is 3.98. The SMILES string of the molecule is Cc1nnc(-c2cccc(NC(=O)C3CCN(C(=O)c4ccco4)CC3)c2)s1. The lowest BCUT2D eigenvalue weighted by molar-refractivity contribution is -0.121. The molecule has 0 aliphatic carbocycles. The molecule has 3 aromatic rings. The van der Waals surface area contributed by atoms with Crippen molar-refractivity contribution in [2.24, 2.45) is 5.92 Å². The van der Waals surface area contributed by atoms with Crippen LogP contribution in [0.15, 0.2) is 47.1 Å². The fourth-order valence-electron chi connectivity index (χ4n) is 3.29. The summed E-state index contributed by atoms with van der Waals surface area (Å²) in [5.74, 6) is 0.0827. The van der Waals surface area contributed by atoms with Crippen molar-refractivity contribution in [3.05, 3.63) is 53.4 Å². The Kier molecular flexibility index (Phi) is 5.21. The first-order chi connectivity index (χ1) is 13.6. The highest BCUT2D eigenvalue weighted by molar-refractivity contribution is 7.14. The molecule has 0 saturated carbocycles. The molecule has 1 saturated heterocycles. The fraction of sp³-hybridized carbons (Fsp3) is 0.300. The largest absolute Gasteiger partial charge is 0.459 e. The van der Waals surface area contributed by atoms with Crippen molar-refractivity contribution in [1.29, 1.82) is 0 Å². The van der Waals surface area contributed by atoms with E-state index in [4.69, 9.17) is 4.42 Å². The van der Waals surface area contributed by atoms with Crippen molar-refractivity contribution in [2.75, 3.05) is 18.4 Å². The predicted octanol–water partition coefficient (Wildman–Crippen LogP) is 3.60. The van der Waals surface area contributed by atoms with Gasteiger partial charge in [0.1, 0.15) is 10.0 Å². The second kappa shape index (κ2) is 7.93. The van der Waals surface area contributed by atoms with E-state index < -0.39 is 0 Å². The van der Waals surface area contributed by atoms with Gasteiger partial charge in [-0.3, -0.25) is 9.59 Å². The van der Waals surface area contributed by atoms with Crippen molar-refractivity contribution in [3.63, 3.8) is 0 Å². The van der Waals surface area contributed by atoms with Gasteiger partial charge in [0.25, 0.3) is 5.91 Å². The zero-order valence-corrected chi connectivity index (χ0v) is 16.2. The number of piperidine rings is 1. The van der Waals surface area contributed by atoms with Gasteiger partial charge in [0, 0.05) is 30.3 Å². The number of nitrogens with one attached hydrogen (secondary N) is 1. The van der Waals surface area contributed by atoms with E-state index >= 15 is 0 Å². The third-order valence-electron chi connectivity index (χ3n) is 4.79. The van der Waals surface area contributed by atoms with Crippen LogP contribution in [0.1, 0.15) is 28.4 Å². The number of carbonyl (C=O) groups excluding carboxylic acids is 2. The van der Waals surface area contributed by atoms with Gasteiger partial charge >= 0.3 is 0 Å². The van der Waals surface area contributed by atoms with Gasteiger partial charge in [0.2, 0.25) is 5.91 Å². The first kappa shape index (κ1) is 18.4. The van der Waals surface area contributed by atoms with E-state index in [1.54, 1.807) is 17.0 Å². The molecule has 8 heteroatoms. The van der Waals surface area contributed by atoms with E-state index in [0.717, 1.165) is 21.3 Å². The Labute approximate surface area is 166 Å². The molecule has 0 atom stereocenters. The molecule has 144 valence electrons. The monoisotopic (exact) mass is 396 g/mol. The summed E-state index contributed by atoms with van der Waals surface area (Å²) in [6.07, 6.45) is 2.76. The number of benzene rings is 1. The number of aromatic nitrogens is 2. The van der Waals surface area contributed by atoms with Crippen molar-refractivity contribution < 1.29 is 14.0 Å². The van der Waals surface area contributed by atoms with Crippen LogP contribution in [0, 0.1) is 12.8 Å². The molecule has 0 radical (unpaired) electrons. The summed E-state index contributed by atoms with van der Waals surface area (Å²) in [5, 5.41) is 12.9. The number of rotatable bonds is 4. The van der Waals surface area contributed by atoms with Crippen LogP contribution in [0.5, 0.6) is 0 Å². The number of carbonyl (C=O) groups is 2. The van der Waals surface area contributed by atoms with Gasteiger partial charge < -0.3 is 14.6 Å². The number of hydrogen-bond donors (Lipinski definition) is 1. The molecular weight excluding hydrogens is 376 g/mol. The number of likely N-dealkylation sites (tertiary alicyclic amines) is 1. The number of aryl methyl sites for hydroxylation is 1. The van der Waals surface area contributed by atoms with Gasteiger partial charge in [0.15, 0.2) is 5.76 Å². The van der Waals surface area contributed by atoms with E-state index in [1.807, 2.05) is 31.2 Å². The Morgan fingerprint density at radius 2 is 2.00 bits per heavy atom. The van der Waals surface area contributed by atoms with Gasteiger partial charge in [0.05, 0.1) is 6.26 Å². The Hall–Kier alpha value is -3.00. The number of hydrogen-bond acceptors (Lipinski definition) is 6. The van der Waals surface area contributed by atoms with Gasteiger partial charge in [-0.1, -0.05) is 23.5 Å². The molecule has 1 fully saturated rings. The van der Waals surface area contributed by atoms with E-state index in [0.29, 0.717) is 31.7 Å². The zero-order valence-electron chi connectivity index (χ0n) is 15.4. The molecule has 1 aliphatic heterocycles. The normalized spacial score (nSPS) is 14.8. The quantitative estimate of drug-likeness (QED) is 0.728. The van der Waals surface area contributed by atoms with E-state index in [2.05, 4.69) is 15.5 Å². The van der Waals surface area contributed by atoms with E-state index in [-0.39, 0.29) is 17.7 Å². The van der Waals surface area contributed by atoms with Crippen LogP contribution in [0.4, 0.5) is 5.69 Å². The molecule has 28 heavy (non-hydrogen) atoms. The number of amides is 2. The summed E-state index contributed by atoms with van der Waals surface area (Å²) in [4.78, 5) is 26.7. The van der Waals surface area contributed by atoms with Crippen molar-refractivity contribution in [2.45, 2.75) is 19.8 Å². The summed E-state index contributed by atoms with van der Waals surface area (Å²) >= 11 is 1.52. The highest BCUT2D eigenvalue weighted by atomic mass is 32.1. The minimum Gasteiger partial charge on any atom is -0.459 e. The zero-order chi connectivity index (χ0) is 19.5. The summed E-state index contributed by atoms with van der Waals surface area (Å²) in [6, 6.07) is 11.0. The first-order valence-electron chi connectivity index (χ1n) is 9.14. The van der Waals surface area contributed by atoms with Crippen LogP contribution in [0.3, 0.4) is 0 Å². The van der Waals surface area contributed by atoms with Crippen molar-refractivity contribution in [1.82, 2.24) is 15.1 Å². The Bertz CT molecular complexity index is 975. The molecular formula is C20H20N4O3S. The summed E-state index contributed by atoms with van der Waals surface area (Å²) in [6.45, 7) is 3.00. The molecule has 2 amide bonds. The molecule has 1 aromatic carbocycles. The Morgan fingerprint density at radius 3 is 2.68 bits per heavy atom. The molecule has 1 N–H and O–H groups in total. The maximum atomic E-state index is 12.7. The lowest BCUT2D eigenvalue weighted by atomic mass is 9.95. The van der Waals surface area contributed by atoms with Crippen LogP contribution in [-0.2, 0) is 4.79 Å². The lowest BCUT2D eigenvalue weighted by Crippen LogP contribution is -2.41. The van der Waals surface area contributed by atoms with Gasteiger partial charge in [-0.15, -0.1) is 10.2 Å². The van der Waals surface area contributed by atoms with E-state index in [9.17, 15) is 9.59 Å². The lowest BCUT2D eigenvalue weighted by Gasteiger charge is -2.30. The molecule has 4 rings (SSSR count). The third kappa shape index (κ3) is 3.96. The summed E-state index contributed by atoms with van der Waals surface area (Å²) in [7, 11) is 0. The second-order valence-electron chi connectivity index (χ2n) is 6.74. The molecule has 0 spiro atoms. The van der Waals surface area contributed by atoms with Crippen LogP contribution in [0.2, 0.25) is 0 Å². The van der Waals surface area contributed by atoms with Crippen LogP contribution in [-0.4, -0.2) is 40.0 Å². The highest BCUT2D eigenvalue weighted by Gasteiger charge is 2.28. The van der Waals surface area contributed by atoms with Gasteiger partial charge in [-0.2, -0.15) is 0 Å². The van der Waals surface area contributed by atoms with Crippen LogP contribution >= 0.6 is 11.3 Å². The minimum absolute atomic E-state index is 0.0179. The van der Waals surface area contributed by atoms with Gasteiger partial charge in [-0.25, -0.2) is 0 Å². The maximum absolute atomic E-state index is 12.7. The predicted molar refractivity (Wildman–Crippen MR) is 106 cm³/mol. The Balaban J connectivity index is 1.35. The number of anilines is 1. The summed E-state index contributed by atoms with van der Waals surface area (Å²) < 4.78 is 5.17. The minimum atomic E-state index is -0.121. The number of nitrogens with zero attached hydrogens (tertiary/aromatic N) is 3. The smallest absolute Gasteiger partial charge is 0.289 e. The highest BCUT2D eigenvalue weighted by Crippen LogP contribution is 2.26. The van der Waals surface area contributed by atoms with Gasteiger partial charge in [-0.05, 0) is 44.0 Å². The Morgan fingerprint density at radius 1 is 1.18 bits per heavy atom. The topological polar surface area (TPSA) is 88.3 Å². The summed E-state index contributed by atoms with van der Waals surface area (Å²) in [5.41, 5.74) is 1.67. The molecule has 0 bridgehead atoms. The molecule has 1 aliphatic rings. The maximum Gasteiger partial charge on any atom is 0.289 e. The van der Waals surface area contributed by atoms with E-state index in [1.165, 1.54) is 17.6 Å². The first-order valence-corrected chi connectivity index (χ1v) is 9.96. The van der Waals surface area contributed by atoms with Crippen LogP contribution in [0.25, 0.3) is 10.6 Å². The molecule has 7 nitrogen and oxygen atoms in total. The molecule has 0 unspecified atom stereocenters. The third-order valence-corrected chi connectivity index (χ3v) is 5.68. The standard InChI is InChI=1S/C20H20N4O3S/c1-13-22-23-19(28-13)15-4-2-5-16(12-15)21-18(25)14-7-9-24(10-8-14)20(26)17-6-3-11-27-17/h2-6,11-12,14H,7-10H2,1H3,(H,21,25). The van der Waals surface area contributed by atoms with Crippen LogP contribution < -0.4 is 5.32 Å². The van der Waals surface area contributed by atoms with Crippen molar-refractivity contribution in [3.8, 4) is 10.6 Å². The average Bonchev–Trinajstić information content (AvgIpc) is 3.40. The van der Waals surface area contributed by atoms with Crippen molar-refractivity contribution >= 4 is 28.8 Å². The second-order valence-corrected chi connectivity index (χ2v) is 7.92.